The quantitative estimate of drug-likeness (QED) is 0.744. The SMILES string of the molecule is C[C@@H](CCC(=O)O)[C@H]1CC[C@H]2[C@@H]3C(=O)C[C@@H]4CCCC[C@]4(C)[C@H]3CC(=O)[C@]12C. The van der Waals surface area contributed by atoms with E-state index in [1.807, 2.05) is 0 Å². The van der Waals surface area contributed by atoms with E-state index >= 15 is 0 Å². The molecule has 28 heavy (non-hydrogen) atoms. The van der Waals surface area contributed by atoms with Crippen LogP contribution in [0.3, 0.4) is 0 Å². The summed E-state index contributed by atoms with van der Waals surface area (Å²) < 4.78 is 0. The molecule has 0 aliphatic heterocycles. The highest BCUT2D eigenvalue weighted by Crippen LogP contribution is 2.66. The van der Waals surface area contributed by atoms with Crippen LogP contribution < -0.4 is 0 Å². The summed E-state index contributed by atoms with van der Waals surface area (Å²) in [5.74, 6) is 1.39. The highest BCUT2D eigenvalue weighted by atomic mass is 16.4. The van der Waals surface area contributed by atoms with E-state index in [9.17, 15) is 14.4 Å². The number of hydrogen-bond acceptors (Lipinski definition) is 3. The molecule has 0 amide bonds. The lowest BCUT2D eigenvalue weighted by atomic mass is 9.44. The van der Waals surface area contributed by atoms with Gasteiger partial charge in [0.25, 0.3) is 0 Å². The molecule has 0 aromatic carbocycles. The number of aliphatic carboxylic acids is 1. The molecule has 156 valence electrons. The van der Waals surface area contributed by atoms with Crippen LogP contribution in [0.5, 0.6) is 0 Å². The first-order chi connectivity index (χ1) is 13.2. The van der Waals surface area contributed by atoms with Crippen molar-refractivity contribution in [3.05, 3.63) is 0 Å². The first-order valence-corrected chi connectivity index (χ1v) is 11.5. The topological polar surface area (TPSA) is 71.4 Å². The molecule has 1 N–H and O–H groups in total. The Labute approximate surface area is 168 Å². The predicted octanol–water partition coefficient (Wildman–Crippen LogP) is 4.89. The van der Waals surface area contributed by atoms with Crippen molar-refractivity contribution in [1.29, 1.82) is 0 Å². The number of rotatable bonds is 4. The number of carbonyl (C=O) groups is 3. The maximum absolute atomic E-state index is 13.6. The molecule has 4 fully saturated rings. The van der Waals surface area contributed by atoms with Crippen LogP contribution in [0.2, 0.25) is 0 Å². The van der Waals surface area contributed by atoms with E-state index in [0.717, 1.165) is 25.7 Å². The van der Waals surface area contributed by atoms with Crippen LogP contribution in [0.25, 0.3) is 0 Å². The Balaban J connectivity index is 1.63. The highest BCUT2D eigenvalue weighted by molar-refractivity contribution is 5.92. The fourth-order valence-corrected chi connectivity index (χ4v) is 8.18. The fraction of sp³-hybridized carbons (Fsp3) is 0.875. The standard InChI is InChI=1S/C24H36O4/c1-14(7-10-21(27)28)16-8-9-17-22-18(13-20(26)24(16,17)3)23(2)11-5-4-6-15(23)12-19(22)25/h14-18,22H,4-13H2,1-3H3,(H,27,28)/t14-,15-,16+,17-,18-,22-,23-,24+/m0/s1. The van der Waals surface area contributed by atoms with Crippen LogP contribution in [0, 0.1) is 46.3 Å². The summed E-state index contributed by atoms with van der Waals surface area (Å²) in [7, 11) is 0. The van der Waals surface area contributed by atoms with Gasteiger partial charge in [-0.15, -0.1) is 0 Å². The molecule has 4 nitrogen and oxygen atoms in total. The predicted molar refractivity (Wildman–Crippen MR) is 107 cm³/mol. The molecule has 0 heterocycles. The maximum Gasteiger partial charge on any atom is 0.303 e. The van der Waals surface area contributed by atoms with Gasteiger partial charge in [0.05, 0.1) is 0 Å². The van der Waals surface area contributed by atoms with Crippen molar-refractivity contribution in [2.24, 2.45) is 46.3 Å². The second kappa shape index (κ2) is 6.95. The van der Waals surface area contributed by atoms with Gasteiger partial charge in [-0.3, -0.25) is 14.4 Å². The first kappa shape index (κ1) is 20.1. The molecule has 4 aliphatic rings. The Morgan fingerprint density at radius 1 is 1.11 bits per heavy atom. The van der Waals surface area contributed by atoms with Crippen LogP contribution in [0.15, 0.2) is 0 Å². The lowest BCUT2D eigenvalue weighted by Gasteiger charge is -2.59. The minimum absolute atomic E-state index is 0.0544. The van der Waals surface area contributed by atoms with Gasteiger partial charge in [-0.05, 0) is 67.1 Å². The zero-order valence-corrected chi connectivity index (χ0v) is 17.7. The van der Waals surface area contributed by atoms with Gasteiger partial charge >= 0.3 is 5.97 Å². The minimum atomic E-state index is -0.764. The normalized spacial score (nSPS) is 46.5. The zero-order valence-electron chi connectivity index (χ0n) is 17.7. The van der Waals surface area contributed by atoms with Crippen molar-refractivity contribution in [3.8, 4) is 0 Å². The Hall–Kier alpha value is -1.19. The summed E-state index contributed by atoms with van der Waals surface area (Å²) >= 11 is 0. The molecule has 4 saturated carbocycles. The average molecular weight is 389 g/mol. The van der Waals surface area contributed by atoms with Crippen LogP contribution in [-0.2, 0) is 14.4 Å². The zero-order chi connectivity index (χ0) is 20.3. The second-order valence-electron chi connectivity index (χ2n) is 10.9. The lowest BCUT2D eigenvalue weighted by molar-refractivity contribution is -0.165. The smallest absolute Gasteiger partial charge is 0.303 e. The van der Waals surface area contributed by atoms with Crippen molar-refractivity contribution in [1.82, 2.24) is 0 Å². The Morgan fingerprint density at radius 3 is 2.57 bits per heavy atom. The van der Waals surface area contributed by atoms with E-state index in [-0.39, 0.29) is 41.4 Å². The van der Waals surface area contributed by atoms with Gasteiger partial charge in [0, 0.05) is 30.6 Å². The van der Waals surface area contributed by atoms with Crippen LogP contribution in [-0.4, -0.2) is 22.6 Å². The van der Waals surface area contributed by atoms with Gasteiger partial charge < -0.3 is 5.11 Å². The number of Topliss-reactive ketones (excluding diaryl/α,β-unsaturated/α-hetero) is 2. The van der Waals surface area contributed by atoms with Crippen LogP contribution in [0.1, 0.15) is 85.0 Å². The molecular formula is C24H36O4. The molecule has 0 aromatic rings. The van der Waals surface area contributed by atoms with Crippen molar-refractivity contribution in [3.63, 3.8) is 0 Å². The molecule has 0 bridgehead atoms. The number of carboxylic acid groups (broad SMARTS) is 1. The highest BCUT2D eigenvalue weighted by Gasteiger charge is 2.65. The summed E-state index contributed by atoms with van der Waals surface area (Å²) in [6, 6.07) is 0. The number of hydrogen-bond donors (Lipinski definition) is 1. The second-order valence-corrected chi connectivity index (χ2v) is 10.9. The largest absolute Gasteiger partial charge is 0.481 e. The van der Waals surface area contributed by atoms with Crippen LogP contribution >= 0.6 is 0 Å². The van der Waals surface area contributed by atoms with Gasteiger partial charge in [-0.25, -0.2) is 0 Å². The molecule has 4 rings (SSSR count). The van der Waals surface area contributed by atoms with E-state index in [4.69, 9.17) is 5.11 Å². The fourth-order valence-electron chi connectivity index (χ4n) is 8.18. The minimum Gasteiger partial charge on any atom is -0.481 e. The molecule has 0 aromatic heterocycles. The van der Waals surface area contributed by atoms with Gasteiger partial charge in [0.1, 0.15) is 11.6 Å². The van der Waals surface area contributed by atoms with Crippen molar-refractivity contribution in [2.75, 3.05) is 0 Å². The van der Waals surface area contributed by atoms with Crippen molar-refractivity contribution >= 4 is 17.5 Å². The van der Waals surface area contributed by atoms with Gasteiger partial charge in [-0.1, -0.05) is 33.6 Å². The van der Waals surface area contributed by atoms with Crippen molar-refractivity contribution in [2.45, 2.75) is 85.0 Å². The average Bonchev–Trinajstić information content (AvgIpc) is 3.00. The summed E-state index contributed by atoms with van der Waals surface area (Å²) in [5.41, 5.74) is -0.284. The molecule has 4 aliphatic carbocycles. The van der Waals surface area contributed by atoms with Gasteiger partial charge in [0.2, 0.25) is 0 Å². The van der Waals surface area contributed by atoms with E-state index < -0.39 is 11.4 Å². The Morgan fingerprint density at radius 2 is 1.86 bits per heavy atom. The summed E-state index contributed by atoms with van der Waals surface area (Å²) in [6.07, 6.45) is 8.77. The monoisotopic (exact) mass is 388 g/mol. The van der Waals surface area contributed by atoms with E-state index in [2.05, 4.69) is 20.8 Å². The summed E-state index contributed by atoms with van der Waals surface area (Å²) in [5, 5.41) is 9.07. The number of carboxylic acids is 1. The summed E-state index contributed by atoms with van der Waals surface area (Å²) in [4.78, 5) is 38.0. The maximum atomic E-state index is 13.6. The third-order valence-corrected chi connectivity index (χ3v) is 9.82. The molecule has 8 atom stereocenters. The first-order valence-electron chi connectivity index (χ1n) is 11.5. The summed E-state index contributed by atoms with van der Waals surface area (Å²) in [6.45, 7) is 6.61. The van der Waals surface area contributed by atoms with Gasteiger partial charge in [0.15, 0.2) is 0 Å². The van der Waals surface area contributed by atoms with Gasteiger partial charge in [-0.2, -0.15) is 0 Å². The molecule has 4 heteroatoms. The molecule has 0 spiro atoms. The third-order valence-electron chi connectivity index (χ3n) is 9.82. The molecular weight excluding hydrogens is 352 g/mol. The molecule has 0 radical (unpaired) electrons. The molecule has 0 saturated heterocycles. The number of ketones is 2. The Kier molecular flexibility index (Phi) is 4.99. The Bertz CT molecular complexity index is 684. The molecule has 0 unspecified atom stereocenters. The number of fused-ring (bicyclic) bond motifs is 5. The lowest BCUT2D eigenvalue weighted by Crippen LogP contribution is -2.59. The van der Waals surface area contributed by atoms with Crippen molar-refractivity contribution < 1.29 is 19.5 Å². The number of carbonyl (C=O) groups excluding carboxylic acids is 2. The van der Waals surface area contributed by atoms with E-state index in [1.165, 1.54) is 19.3 Å². The van der Waals surface area contributed by atoms with E-state index in [1.54, 1.807) is 0 Å². The third kappa shape index (κ3) is 2.81. The van der Waals surface area contributed by atoms with E-state index in [0.29, 0.717) is 30.3 Å². The van der Waals surface area contributed by atoms with Crippen LogP contribution in [0.4, 0.5) is 0 Å².